The molecule has 0 amide bonds. The second-order valence-corrected chi connectivity index (χ2v) is 4.20. The van der Waals surface area contributed by atoms with E-state index in [-0.39, 0.29) is 5.56 Å². The number of carboxylic acid groups (broad SMARTS) is 1. The smallest absolute Gasteiger partial charge is 0.339 e. The molecule has 1 N–H and O–H groups in total. The number of benzene rings is 1. The fourth-order valence-corrected chi connectivity index (χ4v) is 2.47. The lowest BCUT2D eigenvalue weighted by atomic mass is 10.1. The van der Waals surface area contributed by atoms with Crippen LogP contribution in [0.25, 0.3) is 0 Å². The van der Waals surface area contributed by atoms with E-state index in [9.17, 15) is 9.18 Å². The number of halogens is 2. The Morgan fingerprint density at radius 2 is 2.21 bits per heavy atom. The van der Waals surface area contributed by atoms with Crippen LogP contribution in [0.2, 0.25) is 0 Å². The SMILES string of the molecule is O=C(O)c1c(Br)cc2c(c1F)CCC2. The van der Waals surface area contributed by atoms with Gasteiger partial charge in [0.15, 0.2) is 0 Å². The zero-order chi connectivity index (χ0) is 10.3. The number of aryl methyl sites for hydroxylation is 1. The highest BCUT2D eigenvalue weighted by Gasteiger charge is 2.24. The number of rotatable bonds is 1. The number of aromatic carboxylic acids is 1. The first kappa shape index (κ1) is 9.65. The summed E-state index contributed by atoms with van der Waals surface area (Å²) >= 11 is 3.08. The van der Waals surface area contributed by atoms with E-state index >= 15 is 0 Å². The summed E-state index contributed by atoms with van der Waals surface area (Å²) in [5.74, 6) is -1.79. The Balaban J connectivity index is 2.68. The van der Waals surface area contributed by atoms with Crippen molar-refractivity contribution in [3.05, 3.63) is 33.0 Å². The van der Waals surface area contributed by atoms with Crippen LogP contribution in [0.4, 0.5) is 4.39 Å². The van der Waals surface area contributed by atoms with E-state index < -0.39 is 11.8 Å². The van der Waals surface area contributed by atoms with Crippen LogP contribution in [-0.4, -0.2) is 11.1 Å². The lowest BCUT2D eigenvalue weighted by molar-refractivity contribution is 0.0690. The van der Waals surface area contributed by atoms with Crippen molar-refractivity contribution in [2.24, 2.45) is 0 Å². The lowest BCUT2D eigenvalue weighted by Gasteiger charge is -2.06. The van der Waals surface area contributed by atoms with E-state index in [4.69, 9.17) is 5.11 Å². The van der Waals surface area contributed by atoms with Crippen LogP contribution >= 0.6 is 15.9 Å². The van der Waals surface area contributed by atoms with Crippen LogP contribution in [0, 0.1) is 5.82 Å². The molecule has 0 aliphatic heterocycles. The number of hydrogen-bond acceptors (Lipinski definition) is 1. The van der Waals surface area contributed by atoms with Gasteiger partial charge in [0.05, 0.1) is 0 Å². The molecule has 4 heteroatoms. The normalized spacial score (nSPS) is 14.1. The molecule has 0 atom stereocenters. The largest absolute Gasteiger partial charge is 0.478 e. The van der Waals surface area contributed by atoms with Gasteiger partial charge in [-0.3, -0.25) is 0 Å². The number of fused-ring (bicyclic) bond motifs is 1. The van der Waals surface area contributed by atoms with Crippen molar-refractivity contribution in [3.63, 3.8) is 0 Å². The first-order chi connectivity index (χ1) is 6.61. The lowest BCUT2D eigenvalue weighted by Crippen LogP contribution is -2.05. The molecule has 0 saturated heterocycles. The van der Waals surface area contributed by atoms with Crippen LogP contribution in [-0.2, 0) is 12.8 Å². The fraction of sp³-hybridized carbons (Fsp3) is 0.300. The van der Waals surface area contributed by atoms with E-state index in [1.54, 1.807) is 6.07 Å². The first-order valence-electron chi connectivity index (χ1n) is 4.34. The Labute approximate surface area is 88.9 Å². The fourth-order valence-electron chi connectivity index (χ4n) is 1.85. The average Bonchev–Trinajstić information content (AvgIpc) is 2.50. The predicted octanol–water partition coefficient (Wildman–Crippen LogP) is 2.78. The number of hydrogen-bond donors (Lipinski definition) is 1. The van der Waals surface area contributed by atoms with Gasteiger partial charge in [-0.25, -0.2) is 9.18 Å². The molecule has 1 aromatic rings. The van der Waals surface area contributed by atoms with Crippen LogP contribution in [0.5, 0.6) is 0 Å². The zero-order valence-electron chi connectivity index (χ0n) is 7.31. The zero-order valence-corrected chi connectivity index (χ0v) is 8.90. The van der Waals surface area contributed by atoms with Gasteiger partial charge in [-0.05, 0) is 52.4 Å². The van der Waals surface area contributed by atoms with Crippen LogP contribution < -0.4 is 0 Å². The second-order valence-electron chi connectivity index (χ2n) is 3.34. The number of carboxylic acids is 1. The third-order valence-corrected chi connectivity index (χ3v) is 3.12. The highest BCUT2D eigenvalue weighted by molar-refractivity contribution is 9.10. The molecule has 1 aliphatic carbocycles. The average molecular weight is 259 g/mol. The Kier molecular flexibility index (Phi) is 2.31. The summed E-state index contributed by atoms with van der Waals surface area (Å²) in [7, 11) is 0. The maximum Gasteiger partial charge on any atom is 0.339 e. The number of carbonyl (C=O) groups is 1. The summed E-state index contributed by atoms with van der Waals surface area (Å²) in [5, 5.41) is 8.81. The minimum atomic E-state index is -1.22. The Hall–Kier alpha value is -0.900. The summed E-state index contributed by atoms with van der Waals surface area (Å²) in [5.41, 5.74) is 1.26. The van der Waals surface area contributed by atoms with Gasteiger partial charge in [0.1, 0.15) is 11.4 Å². The van der Waals surface area contributed by atoms with Crippen LogP contribution in [0.1, 0.15) is 27.9 Å². The highest BCUT2D eigenvalue weighted by Crippen LogP contribution is 2.31. The van der Waals surface area contributed by atoms with Crippen molar-refractivity contribution in [1.29, 1.82) is 0 Å². The first-order valence-corrected chi connectivity index (χ1v) is 5.13. The van der Waals surface area contributed by atoms with Gasteiger partial charge in [-0.1, -0.05) is 0 Å². The molecule has 0 fully saturated rings. The summed E-state index contributed by atoms with van der Waals surface area (Å²) in [6.45, 7) is 0. The molecule has 74 valence electrons. The predicted molar refractivity (Wildman–Crippen MR) is 53.1 cm³/mol. The van der Waals surface area contributed by atoms with Crippen molar-refractivity contribution < 1.29 is 14.3 Å². The third kappa shape index (κ3) is 1.34. The van der Waals surface area contributed by atoms with E-state index in [2.05, 4.69) is 15.9 Å². The molecule has 0 aromatic heterocycles. The third-order valence-electron chi connectivity index (χ3n) is 2.50. The monoisotopic (exact) mass is 258 g/mol. The van der Waals surface area contributed by atoms with Gasteiger partial charge >= 0.3 is 5.97 Å². The molecule has 0 spiro atoms. The molecule has 2 nitrogen and oxygen atoms in total. The van der Waals surface area contributed by atoms with Crippen molar-refractivity contribution in [2.45, 2.75) is 19.3 Å². The van der Waals surface area contributed by atoms with Gasteiger partial charge < -0.3 is 5.11 Å². The summed E-state index contributed by atoms with van der Waals surface area (Å²) in [4.78, 5) is 10.8. The van der Waals surface area contributed by atoms with Gasteiger partial charge in [-0.2, -0.15) is 0 Å². The molecular formula is C10H8BrFO2. The molecule has 14 heavy (non-hydrogen) atoms. The molecule has 0 bridgehead atoms. The summed E-state index contributed by atoms with van der Waals surface area (Å²) in [6.07, 6.45) is 2.39. The molecular weight excluding hydrogens is 251 g/mol. The molecule has 1 aliphatic rings. The Morgan fingerprint density at radius 1 is 1.50 bits per heavy atom. The molecule has 0 unspecified atom stereocenters. The Morgan fingerprint density at radius 3 is 2.86 bits per heavy atom. The molecule has 2 rings (SSSR count). The highest BCUT2D eigenvalue weighted by atomic mass is 79.9. The van der Waals surface area contributed by atoms with Crippen molar-refractivity contribution in [2.75, 3.05) is 0 Å². The quantitative estimate of drug-likeness (QED) is 0.841. The van der Waals surface area contributed by atoms with Gasteiger partial charge in [0.25, 0.3) is 0 Å². The second kappa shape index (κ2) is 3.35. The van der Waals surface area contributed by atoms with Crippen molar-refractivity contribution in [3.8, 4) is 0 Å². The topological polar surface area (TPSA) is 37.3 Å². The molecule has 0 radical (unpaired) electrons. The maximum absolute atomic E-state index is 13.7. The van der Waals surface area contributed by atoms with Crippen LogP contribution in [0.15, 0.2) is 10.5 Å². The summed E-state index contributed by atoms with van der Waals surface area (Å²) in [6, 6.07) is 1.72. The van der Waals surface area contributed by atoms with E-state index in [0.717, 1.165) is 18.4 Å². The molecule has 1 aromatic carbocycles. The van der Waals surface area contributed by atoms with Gasteiger partial charge in [-0.15, -0.1) is 0 Å². The molecule has 0 saturated carbocycles. The van der Waals surface area contributed by atoms with E-state index in [1.807, 2.05) is 0 Å². The minimum Gasteiger partial charge on any atom is -0.478 e. The summed E-state index contributed by atoms with van der Waals surface area (Å²) < 4.78 is 14.0. The van der Waals surface area contributed by atoms with Gasteiger partial charge in [0, 0.05) is 4.47 Å². The van der Waals surface area contributed by atoms with Gasteiger partial charge in [0.2, 0.25) is 0 Å². The Bertz CT molecular complexity index is 415. The van der Waals surface area contributed by atoms with E-state index in [1.165, 1.54) is 0 Å². The standard InChI is InChI=1S/C10H8BrFO2/c11-7-4-5-2-1-3-6(5)9(12)8(7)10(13)14/h4H,1-3H2,(H,13,14). The van der Waals surface area contributed by atoms with E-state index in [0.29, 0.717) is 16.5 Å². The van der Waals surface area contributed by atoms with Crippen LogP contribution in [0.3, 0.4) is 0 Å². The minimum absolute atomic E-state index is 0.245. The van der Waals surface area contributed by atoms with Crippen molar-refractivity contribution >= 4 is 21.9 Å². The maximum atomic E-state index is 13.7. The molecule has 0 heterocycles. The van der Waals surface area contributed by atoms with Crippen molar-refractivity contribution in [1.82, 2.24) is 0 Å².